The first-order chi connectivity index (χ1) is 8.08. The van der Waals surface area contributed by atoms with Crippen LogP contribution in [0.15, 0.2) is 0 Å². The van der Waals surface area contributed by atoms with E-state index in [2.05, 4.69) is 5.32 Å². The molecule has 2 fully saturated rings. The molecule has 2 heterocycles. The number of hydrogen-bond acceptors (Lipinski definition) is 4. The lowest BCUT2D eigenvalue weighted by atomic mass is 10.2. The molecule has 0 aromatic heterocycles. The zero-order chi connectivity index (χ0) is 12.4. The Balaban J connectivity index is 1.94. The van der Waals surface area contributed by atoms with Gasteiger partial charge in [0.05, 0.1) is 6.10 Å². The van der Waals surface area contributed by atoms with Gasteiger partial charge in [-0.15, -0.1) is 0 Å². The monoisotopic (exact) mass is 260 g/mol. The summed E-state index contributed by atoms with van der Waals surface area (Å²) in [6.07, 6.45) is 0.298. The maximum absolute atomic E-state index is 11.9. The van der Waals surface area contributed by atoms with E-state index in [9.17, 15) is 14.7 Å². The van der Waals surface area contributed by atoms with Crippen molar-refractivity contribution in [1.82, 2.24) is 10.2 Å². The minimum Gasteiger partial charge on any atom is -0.480 e. The maximum atomic E-state index is 11.9. The Morgan fingerprint density at radius 2 is 2.18 bits per heavy atom. The Hall–Kier alpha value is -0.950. The first-order valence-electron chi connectivity index (χ1n) is 5.63. The van der Waals surface area contributed by atoms with Crippen molar-refractivity contribution in [2.24, 2.45) is 0 Å². The molecular weight excluding hydrogens is 244 g/mol. The number of carbonyl (C=O) groups is 2. The maximum Gasteiger partial charge on any atom is 0.326 e. The van der Waals surface area contributed by atoms with Crippen molar-refractivity contribution in [1.29, 1.82) is 0 Å². The highest BCUT2D eigenvalue weighted by molar-refractivity contribution is 7.99. The molecule has 0 aliphatic carbocycles. The van der Waals surface area contributed by atoms with Gasteiger partial charge in [0.25, 0.3) is 0 Å². The quantitative estimate of drug-likeness (QED) is 0.635. The number of carboxylic acid groups (broad SMARTS) is 1. The Morgan fingerprint density at radius 1 is 1.41 bits per heavy atom. The molecule has 6 nitrogen and oxygen atoms in total. The number of aliphatic hydroxyl groups excluding tert-OH is 1. The SMILES string of the molecule is O=C(O)[C@H]1C[C@@H](O)CN1C(=O)NC1CCSC1. The second-order valence-corrected chi connectivity index (χ2v) is 5.56. The summed E-state index contributed by atoms with van der Waals surface area (Å²) in [5, 5.41) is 21.2. The summed E-state index contributed by atoms with van der Waals surface area (Å²) in [6, 6.07) is -1.15. The first kappa shape index (κ1) is 12.5. The molecule has 2 rings (SSSR count). The number of likely N-dealkylation sites (tertiary alicyclic amines) is 1. The van der Waals surface area contributed by atoms with E-state index in [0.29, 0.717) is 0 Å². The summed E-state index contributed by atoms with van der Waals surface area (Å²) < 4.78 is 0. The predicted molar refractivity (Wildman–Crippen MR) is 63.0 cm³/mol. The number of urea groups is 1. The smallest absolute Gasteiger partial charge is 0.326 e. The van der Waals surface area contributed by atoms with Gasteiger partial charge in [0, 0.05) is 24.8 Å². The summed E-state index contributed by atoms with van der Waals surface area (Å²) in [6.45, 7) is 0.0999. The van der Waals surface area contributed by atoms with Crippen LogP contribution < -0.4 is 5.32 Å². The third kappa shape index (κ3) is 2.84. The number of thioether (sulfide) groups is 1. The lowest BCUT2D eigenvalue weighted by molar-refractivity contribution is -0.141. The van der Waals surface area contributed by atoms with Crippen LogP contribution in [0.1, 0.15) is 12.8 Å². The number of aliphatic carboxylic acids is 1. The summed E-state index contributed by atoms with van der Waals surface area (Å²) in [7, 11) is 0. The molecule has 3 N–H and O–H groups in total. The minimum absolute atomic E-state index is 0.0999. The molecule has 2 amide bonds. The van der Waals surface area contributed by atoms with Crippen LogP contribution in [0.25, 0.3) is 0 Å². The van der Waals surface area contributed by atoms with Gasteiger partial charge in [-0.3, -0.25) is 0 Å². The standard InChI is InChI=1S/C10H16N2O4S/c13-7-3-8(9(14)15)12(4-7)10(16)11-6-1-2-17-5-6/h6-8,13H,1-5H2,(H,11,16)(H,14,15)/t6?,7-,8-/m1/s1. The number of nitrogens with zero attached hydrogens (tertiary/aromatic N) is 1. The summed E-state index contributed by atoms with van der Waals surface area (Å²) in [5.74, 6) is 0.841. The minimum atomic E-state index is -1.06. The number of carbonyl (C=O) groups excluding carboxylic acids is 1. The Morgan fingerprint density at radius 3 is 2.76 bits per heavy atom. The van der Waals surface area contributed by atoms with Crippen molar-refractivity contribution in [2.45, 2.75) is 31.0 Å². The van der Waals surface area contributed by atoms with E-state index in [1.165, 1.54) is 4.90 Å². The molecular formula is C10H16N2O4S. The molecule has 0 aromatic carbocycles. The Bertz CT molecular complexity index is 319. The van der Waals surface area contributed by atoms with Crippen LogP contribution >= 0.6 is 11.8 Å². The number of aliphatic hydroxyl groups is 1. The van der Waals surface area contributed by atoms with Crippen molar-refractivity contribution in [2.75, 3.05) is 18.1 Å². The fourth-order valence-electron chi connectivity index (χ4n) is 2.18. The molecule has 3 atom stereocenters. The van der Waals surface area contributed by atoms with Crippen LogP contribution in [0.5, 0.6) is 0 Å². The topological polar surface area (TPSA) is 89.9 Å². The Labute approximate surface area is 103 Å². The number of nitrogens with one attached hydrogen (secondary N) is 1. The molecule has 1 unspecified atom stereocenters. The van der Waals surface area contributed by atoms with Gasteiger partial charge in [0.15, 0.2) is 0 Å². The highest BCUT2D eigenvalue weighted by Gasteiger charge is 2.39. The van der Waals surface area contributed by atoms with Crippen molar-refractivity contribution < 1.29 is 19.8 Å². The Kier molecular flexibility index (Phi) is 3.78. The van der Waals surface area contributed by atoms with Gasteiger partial charge in [-0.25, -0.2) is 9.59 Å². The third-order valence-corrected chi connectivity index (χ3v) is 4.24. The van der Waals surface area contributed by atoms with Crippen molar-refractivity contribution in [3.63, 3.8) is 0 Å². The highest BCUT2D eigenvalue weighted by Crippen LogP contribution is 2.20. The molecule has 0 bridgehead atoms. The largest absolute Gasteiger partial charge is 0.480 e. The van der Waals surface area contributed by atoms with Gasteiger partial charge >= 0.3 is 12.0 Å². The molecule has 2 saturated heterocycles. The molecule has 96 valence electrons. The zero-order valence-corrected chi connectivity index (χ0v) is 10.2. The summed E-state index contributed by atoms with van der Waals surface area (Å²) in [4.78, 5) is 24.1. The molecule has 2 aliphatic heterocycles. The average molecular weight is 260 g/mol. The van der Waals surface area contributed by atoms with Crippen LogP contribution in [-0.2, 0) is 4.79 Å². The molecule has 7 heteroatoms. The van der Waals surface area contributed by atoms with Gasteiger partial charge in [-0.2, -0.15) is 11.8 Å². The van der Waals surface area contributed by atoms with E-state index >= 15 is 0 Å². The van der Waals surface area contributed by atoms with Crippen molar-refractivity contribution >= 4 is 23.8 Å². The van der Waals surface area contributed by atoms with Crippen molar-refractivity contribution in [3.05, 3.63) is 0 Å². The molecule has 0 aromatic rings. The summed E-state index contributed by atoms with van der Waals surface area (Å²) in [5.41, 5.74) is 0. The van der Waals surface area contributed by atoms with E-state index in [4.69, 9.17) is 5.11 Å². The zero-order valence-electron chi connectivity index (χ0n) is 9.33. The lowest BCUT2D eigenvalue weighted by Gasteiger charge is -2.23. The number of β-amino-alcohol motifs (C(OH)–C–C–N with tert-alkyl or cyclic N) is 1. The fourth-order valence-corrected chi connectivity index (χ4v) is 3.33. The van der Waals surface area contributed by atoms with Crippen LogP contribution in [0, 0.1) is 0 Å². The fraction of sp³-hybridized carbons (Fsp3) is 0.800. The lowest BCUT2D eigenvalue weighted by Crippen LogP contribution is -2.49. The van der Waals surface area contributed by atoms with E-state index in [1.54, 1.807) is 11.8 Å². The summed E-state index contributed by atoms with van der Waals surface area (Å²) >= 11 is 1.78. The van der Waals surface area contributed by atoms with E-state index in [-0.39, 0.29) is 25.0 Å². The molecule has 17 heavy (non-hydrogen) atoms. The van der Waals surface area contributed by atoms with Crippen molar-refractivity contribution in [3.8, 4) is 0 Å². The molecule has 2 aliphatic rings. The third-order valence-electron chi connectivity index (χ3n) is 3.08. The van der Waals surface area contributed by atoms with Crippen LogP contribution in [-0.4, -0.2) is 63.4 Å². The molecule has 0 spiro atoms. The number of amides is 2. The average Bonchev–Trinajstić information content (AvgIpc) is 2.86. The highest BCUT2D eigenvalue weighted by atomic mass is 32.2. The van der Waals surface area contributed by atoms with Gasteiger partial charge in [-0.1, -0.05) is 0 Å². The second-order valence-electron chi connectivity index (χ2n) is 4.41. The first-order valence-corrected chi connectivity index (χ1v) is 6.79. The molecule has 0 saturated carbocycles. The second kappa shape index (κ2) is 5.14. The van der Waals surface area contributed by atoms with E-state index in [1.807, 2.05) is 0 Å². The van der Waals surface area contributed by atoms with Gasteiger partial charge < -0.3 is 20.4 Å². The van der Waals surface area contributed by atoms with Gasteiger partial charge in [0.2, 0.25) is 0 Å². The van der Waals surface area contributed by atoms with Crippen LogP contribution in [0.4, 0.5) is 4.79 Å². The number of carboxylic acids is 1. The number of rotatable bonds is 2. The van der Waals surface area contributed by atoms with E-state index in [0.717, 1.165) is 17.9 Å². The molecule has 0 radical (unpaired) electrons. The van der Waals surface area contributed by atoms with E-state index < -0.39 is 18.1 Å². The van der Waals surface area contributed by atoms with Gasteiger partial charge in [-0.05, 0) is 12.2 Å². The number of hydrogen-bond donors (Lipinski definition) is 3. The van der Waals surface area contributed by atoms with Crippen LogP contribution in [0.3, 0.4) is 0 Å². The van der Waals surface area contributed by atoms with Gasteiger partial charge in [0.1, 0.15) is 6.04 Å². The normalized spacial score (nSPS) is 32.8. The predicted octanol–water partition coefficient (Wildman–Crippen LogP) is -0.279. The van der Waals surface area contributed by atoms with Crippen LogP contribution in [0.2, 0.25) is 0 Å².